The first-order chi connectivity index (χ1) is 11.0. The van der Waals surface area contributed by atoms with Gasteiger partial charge in [-0.25, -0.2) is 4.98 Å². The van der Waals surface area contributed by atoms with Crippen LogP contribution in [0.2, 0.25) is 0 Å². The highest BCUT2D eigenvalue weighted by molar-refractivity contribution is 5.92. The number of hydrogen-bond acceptors (Lipinski definition) is 4. The number of rotatable bonds is 3. The van der Waals surface area contributed by atoms with E-state index < -0.39 is 0 Å². The van der Waals surface area contributed by atoms with E-state index >= 15 is 0 Å². The van der Waals surface area contributed by atoms with Crippen LogP contribution < -0.4 is 5.56 Å². The Hall–Kier alpha value is -2.44. The van der Waals surface area contributed by atoms with Crippen LogP contribution in [0.3, 0.4) is 0 Å². The van der Waals surface area contributed by atoms with E-state index in [1.807, 2.05) is 0 Å². The number of H-pyrrole nitrogens is 2. The van der Waals surface area contributed by atoms with Gasteiger partial charge < -0.3 is 9.88 Å². The largest absolute Gasteiger partial charge is 0.337 e. The molecule has 2 aromatic rings. The molecule has 1 saturated heterocycles. The molecule has 7 heteroatoms. The fourth-order valence-electron chi connectivity index (χ4n) is 2.87. The van der Waals surface area contributed by atoms with Crippen molar-refractivity contribution in [2.75, 3.05) is 13.1 Å². The maximum absolute atomic E-state index is 12.4. The molecule has 0 aliphatic carbocycles. The van der Waals surface area contributed by atoms with E-state index in [0.717, 1.165) is 30.4 Å². The molecule has 0 saturated carbocycles. The van der Waals surface area contributed by atoms with Crippen LogP contribution >= 0.6 is 0 Å². The van der Waals surface area contributed by atoms with E-state index in [-0.39, 0.29) is 17.2 Å². The van der Waals surface area contributed by atoms with E-state index in [1.165, 1.54) is 6.20 Å². The van der Waals surface area contributed by atoms with Gasteiger partial charge in [0.1, 0.15) is 5.69 Å². The van der Waals surface area contributed by atoms with Crippen molar-refractivity contribution in [3.05, 3.63) is 45.9 Å². The van der Waals surface area contributed by atoms with Crippen LogP contribution in [0.25, 0.3) is 0 Å². The molecular weight excluding hydrogens is 294 g/mol. The Bertz CT molecular complexity index is 720. The number of piperidine rings is 1. The zero-order valence-corrected chi connectivity index (χ0v) is 13.4. The number of aromatic amines is 2. The molecule has 2 aromatic heterocycles. The smallest absolute Gasteiger partial charge is 0.273 e. The zero-order chi connectivity index (χ0) is 16.4. The van der Waals surface area contributed by atoms with Crippen LogP contribution in [-0.4, -0.2) is 44.1 Å². The molecule has 7 nitrogen and oxygen atoms in total. The second-order valence-electron chi connectivity index (χ2n) is 6.27. The summed E-state index contributed by atoms with van der Waals surface area (Å²) in [4.78, 5) is 31.6. The van der Waals surface area contributed by atoms with Crippen LogP contribution in [0.15, 0.2) is 23.3 Å². The van der Waals surface area contributed by atoms with Crippen LogP contribution in [0.5, 0.6) is 0 Å². The normalized spacial score (nSPS) is 16.0. The van der Waals surface area contributed by atoms with Crippen molar-refractivity contribution in [1.29, 1.82) is 0 Å². The van der Waals surface area contributed by atoms with Gasteiger partial charge in [0.15, 0.2) is 0 Å². The molecule has 122 valence electrons. The van der Waals surface area contributed by atoms with E-state index in [2.05, 4.69) is 40.1 Å². The van der Waals surface area contributed by atoms with Crippen molar-refractivity contribution in [2.45, 2.75) is 38.5 Å². The molecule has 3 rings (SSSR count). The average molecular weight is 315 g/mol. The van der Waals surface area contributed by atoms with Gasteiger partial charge in [0.2, 0.25) is 0 Å². The standard InChI is InChI=1S/C16H21N5O2/c1-10(2)12-7-13(20-19-12)11-3-5-21(6-4-11)16(23)14-8-18-15(22)9-17-14/h7-11H,3-6H2,1-2H3,(H,18,22)(H,19,20). The number of carbonyl (C=O) groups excluding carboxylic acids is 1. The molecule has 0 spiro atoms. The molecular formula is C16H21N5O2. The first-order valence-electron chi connectivity index (χ1n) is 7.94. The third kappa shape index (κ3) is 3.33. The van der Waals surface area contributed by atoms with E-state index in [0.29, 0.717) is 24.9 Å². The van der Waals surface area contributed by atoms with Crippen molar-refractivity contribution >= 4 is 5.91 Å². The minimum Gasteiger partial charge on any atom is -0.337 e. The number of nitrogens with zero attached hydrogens (tertiary/aromatic N) is 3. The van der Waals surface area contributed by atoms with Crippen LogP contribution in [0, 0.1) is 0 Å². The SMILES string of the molecule is CC(C)c1cc(C2CCN(C(=O)c3c[nH]c(=O)cn3)CC2)[nH]n1. The quantitative estimate of drug-likeness (QED) is 0.900. The van der Waals surface area contributed by atoms with Crippen molar-refractivity contribution < 1.29 is 4.79 Å². The van der Waals surface area contributed by atoms with Gasteiger partial charge in [0, 0.05) is 30.9 Å². The Labute approximate surface area is 134 Å². The summed E-state index contributed by atoms with van der Waals surface area (Å²) in [6.07, 6.45) is 4.31. The summed E-state index contributed by atoms with van der Waals surface area (Å²) < 4.78 is 0. The number of hydrogen-bond donors (Lipinski definition) is 2. The summed E-state index contributed by atoms with van der Waals surface area (Å²) in [5.74, 6) is 0.683. The Kier molecular flexibility index (Phi) is 4.27. The Morgan fingerprint density at radius 3 is 2.65 bits per heavy atom. The molecule has 23 heavy (non-hydrogen) atoms. The predicted molar refractivity (Wildman–Crippen MR) is 85.4 cm³/mol. The molecule has 0 unspecified atom stereocenters. The van der Waals surface area contributed by atoms with Crippen LogP contribution in [0.4, 0.5) is 0 Å². The Balaban J connectivity index is 1.62. The lowest BCUT2D eigenvalue weighted by molar-refractivity contribution is 0.0705. The van der Waals surface area contributed by atoms with Crippen molar-refractivity contribution in [1.82, 2.24) is 25.1 Å². The minimum atomic E-state index is -0.305. The summed E-state index contributed by atoms with van der Waals surface area (Å²) in [5, 5.41) is 7.48. The van der Waals surface area contributed by atoms with Crippen molar-refractivity contribution in [2.24, 2.45) is 0 Å². The highest BCUT2D eigenvalue weighted by atomic mass is 16.2. The third-order valence-electron chi connectivity index (χ3n) is 4.32. The summed E-state index contributed by atoms with van der Waals surface area (Å²) in [7, 11) is 0. The van der Waals surface area contributed by atoms with Crippen molar-refractivity contribution in [3.63, 3.8) is 0 Å². The molecule has 0 atom stereocenters. The van der Waals surface area contributed by atoms with Gasteiger partial charge in [-0.05, 0) is 24.8 Å². The summed E-state index contributed by atoms with van der Waals surface area (Å²) >= 11 is 0. The van der Waals surface area contributed by atoms with Gasteiger partial charge in [-0.2, -0.15) is 5.10 Å². The molecule has 0 aromatic carbocycles. The summed E-state index contributed by atoms with van der Waals surface area (Å²) in [6.45, 7) is 5.61. The molecule has 1 aliphatic rings. The van der Waals surface area contributed by atoms with Crippen molar-refractivity contribution in [3.8, 4) is 0 Å². The van der Waals surface area contributed by atoms with Gasteiger partial charge in [0.05, 0.1) is 11.9 Å². The Morgan fingerprint density at radius 1 is 1.35 bits per heavy atom. The van der Waals surface area contributed by atoms with E-state index in [4.69, 9.17) is 0 Å². The Morgan fingerprint density at radius 2 is 2.09 bits per heavy atom. The number of carbonyl (C=O) groups is 1. The molecule has 1 amide bonds. The van der Waals surface area contributed by atoms with Gasteiger partial charge in [-0.15, -0.1) is 0 Å². The lowest BCUT2D eigenvalue weighted by Crippen LogP contribution is -2.38. The summed E-state index contributed by atoms with van der Waals surface area (Å²) in [5.41, 5.74) is 2.21. The lowest BCUT2D eigenvalue weighted by atomic mass is 9.93. The third-order valence-corrected chi connectivity index (χ3v) is 4.32. The fourth-order valence-corrected chi connectivity index (χ4v) is 2.87. The number of aromatic nitrogens is 4. The first-order valence-corrected chi connectivity index (χ1v) is 7.94. The number of likely N-dealkylation sites (tertiary alicyclic amines) is 1. The van der Waals surface area contributed by atoms with Crippen LogP contribution in [-0.2, 0) is 0 Å². The highest BCUT2D eigenvalue weighted by Gasteiger charge is 2.26. The highest BCUT2D eigenvalue weighted by Crippen LogP contribution is 2.28. The molecule has 1 fully saturated rings. The lowest BCUT2D eigenvalue weighted by Gasteiger charge is -2.31. The maximum atomic E-state index is 12.4. The first kappa shape index (κ1) is 15.5. The summed E-state index contributed by atoms with van der Waals surface area (Å²) in [6, 6.07) is 2.14. The van der Waals surface area contributed by atoms with E-state index in [1.54, 1.807) is 4.90 Å². The topological polar surface area (TPSA) is 94.7 Å². The zero-order valence-electron chi connectivity index (χ0n) is 13.4. The molecule has 1 aliphatic heterocycles. The minimum absolute atomic E-state index is 0.132. The molecule has 0 bridgehead atoms. The van der Waals surface area contributed by atoms with Gasteiger partial charge in [-0.3, -0.25) is 14.7 Å². The second kappa shape index (κ2) is 6.36. The maximum Gasteiger partial charge on any atom is 0.273 e. The predicted octanol–water partition coefficient (Wildman–Crippen LogP) is 1.64. The van der Waals surface area contributed by atoms with Gasteiger partial charge >= 0.3 is 0 Å². The second-order valence-corrected chi connectivity index (χ2v) is 6.27. The van der Waals surface area contributed by atoms with Gasteiger partial charge in [0.25, 0.3) is 11.5 Å². The molecule has 0 radical (unpaired) electrons. The average Bonchev–Trinajstić information content (AvgIpc) is 3.05. The van der Waals surface area contributed by atoms with Gasteiger partial charge in [-0.1, -0.05) is 13.8 Å². The van der Waals surface area contributed by atoms with Crippen LogP contribution in [0.1, 0.15) is 60.4 Å². The van der Waals surface area contributed by atoms with E-state index in [9.17, 15) is 9.59 Å². The molecule has 2 N–H and O–H groups in total. The number of amides is 1. The molecule has 3 heterocycles. The number of nitrogens with one attached hydrogen (secondary N) is 2. The monoisotopic (exact) mass is 315 g/mol. The fraction of sp³-hybridized carbons (Fsp3) is 0.500.